The lowest BCUT2D eigenvalue weighted by molar-refractivity contribution is -0.145. The first-order chi connectivity index (χ1) is 12.4. The summed E-state index contributed by atoms with van der Waals surface area (Å²) >= 11 is 1.64. The standard InChI is InChI=1S/C19H27N3O3S/c1-12(2)11-25-16(23)10-22-15(9-21(3)4)20-18-17(19(22)24)13-7-5-6-8-14(13)26-18/h12H,5-11H2,1-4H3. The van der Waals surface area contributed by atoms with Crippen LogP contribution >= 0.6 is 11.3 Å². The Labute approximate surface area is 157 Å². The Morgan fingerprint density at radius 1 is 1.31 bits per heavy atom. The van der Waals surface area contributed by atoms with Crippen LogP contribution < -0.4 is 5.56 Å². The highest BCUT2D eigenvalue weighted by Crippen LogP contribution is 2.33. The maximum atomic E-state index is 13.2. The third-order valence-corrected chi connectivity index (χ3v) is 5.66. The molecule has 0 atom stereocenters. The summed E-state index contributed by atoms with van der Waals surface area (Å²) in [6, 6.07) is 0. The van der Waals surface area contributed by atoms with Crippen LogP contribution in [0.3, 0.4) is 0 Å². The van der Waals surface area contributed by atoms with Crippen LogP contribution in [-0.2, 0) is 35.5 Å². The Morgan fingerprint density at radius 2 is 2.04 bits per heavy atom. The molecular weight excluding hydrogens is 350 g/mol. The maximum absolute atomic E-state index is 13.2. The van der Waals surface area contributed by atoms with E-state index in [1.54, 1.807) is 11.3 Å². The van der Waals surface area contributed by atoms with E-state index in [1.807, 2.05) is 32.8 Å². The molecule has 0 aliphatic heterocycles. The fourth-order valence-electron chi connectivity index (χ4n) is 3.28. The molecule has 1 aliphatic rings. The largest absolute Gasteiger partial charge is 0.464 e. The van der Waals surface area contributed by atoms with E-state index in [0.717, 1.165) is 29.7 Å². The van der Waals surface area contributed by atoms with E-state index in [9.17, 15) is 9.59 Å². The number of fused-ring (bicyclic) bond motifs is 3. The number of aryl methyl sites for hydroxylation is 2. The molecule has 26 heavy (non-hydrogen) atoms. The van der Waals surface area contributed by atoms with E-state index < -0.39 is 0 Å². The predicted octanol–water partition coefficient (Wildman–Crippen LogP) is 2.60. The molecule has 0 saturated heterocycles. The molecule has 0 radical (unpaired) electrons. The SMILES string of the molecule is CC(C)COC(=O)Cn1c(CN(C)C)nc2sc3c(c2c1=O)CCCC3. The topological polar surface area (TPSA) is 64.4 Å². The first kappa shape index (κ1) is 19.0. The summed E-state index contributed by atoms with van der Waals surface area (Å²) in [7, 11) is 3.86. The molecule has 0 spiro atoms. The summed E-state index contributed by atoms with van der Waals surface area (Å²) in [6.45, 7) is 4.76. The monoisotopic (exact) mass is 377 g/mol. The van der Waals surface area contributed by atoms with Crippen molar-refractivity contribution in [2.24, 2.45) is 5.92 Å². The minimum absolute atomic E-state index is 0.0811. The fourth-order valence-corrected chi connectivity index (χ4v) is 4.55. The van der Waals surface area contributed by atoms with Crippen LogP contribution in [0.15, 0.2) is 4.79 Å². The zero-order chi connectivity index (χ0) is 18.8. The Balaban J connectivity index is 2.04. The number of aromatic nitrogens is 2. The average molecular weight is 378 g/mol. The minimum Gasteiger partial charge on any atom is -0.464 e. The van der Waals surface area contributed by atoms with Crippen molar-refractivity contribution in [1.29, 1.82) is 0 Å². The third kappa shape index (κ3) is 3.99. The van der Waals surface area contributed by atoms with E-state index >= 15 is 0 Å². The molecule has 3 rings (SSSR count). The smallest absolute Gasteiger partial charge is 0.326 e. The Bertz CT molecular complexity index is 867. The molecule has 7 heteroatoms. The van der Waals surface area contributed by atoms with Crippen LogP contribution in [0.4, 0.5) is 0 Å². The van der Waals surface area contributed by atoms with Crippen molar-refractivity contribution in [3.05, 3.63) is 26.6 Å². The molecule has 0 bridgehead atoms. The van der Waals surface area contributed by atoms with Gasteiger partial charge in [-0.2, -0.15) is 0 Å². The molecule has 0 amide bonds. The second-order valence-electron chi connectivity index (χ2n) is 7.63. The molecule has 0 fully saturated rings. The van der Waals surface area contributed by atoms with Gasteiger partial charge in [0.25, 0.3) is 5.56 Å². The number of esters is 1. The quantitative estimate of drug-likeness (QED) is 0.724. The van der Waals surface area contributed by atoms with Crippen molar-refractivity contribution in [2.75, 3.05) is 20.7 Å². The molecule has 2 heterocycles. The van der Waals surface area contributed by atoms with Gasteiger partial charge >= 0.3 is 5.97 Å². The van der Waals surface area contributed by atoms with Gasteiger partial charge in [-0.3, -0.25) is 14.2 Å². The zero-order valence-electron chi connectivity index (χ0n) is 16.0. The molecule has 142 valence electrons. The number of thiophene rings is 1. The van der Waals surface area contributed by atoms with E-state index in [2.05, 4.69) is 0 Å². The molecule has 0 saturated carbocycles. The average Bonchev–Trinajstić information content (AvgIpc) is 2.94. The van der Waals surface area contributed by atoms with Gasteiger partial charge in [0.1, 0.15) is 17.2 Å². The van der Waals surface area contributed by atoms with Gasteiger partial charge in [-0.25, -0.2) is 4.98 Å². The first-order valence-corrected chi connectivity index (χ1v) is 10.0. The van der Waals surface area contributed by atoms with Crippen LogP contribution in [0, 0.1) is 5.92 Å². The second-order valence-corrected chi connectivity index (χ2v) is 8.71. The normalized spacial score (nSPS) is 14.2. The van der Waals surface area contributed by atoms with Gasteiger partial charge in [-0.05, 0) is 51.3 Å². The van der Waals surface area contributed by atoms with Crippen LogP contribution in [0.2, 0.25) is 0 Å². The first-order valence-electron chi connectivity index (χ1n) is 9.21. The fraction of sp³-hybridized carbons (Fsp3) is 0.632. The Morgan fingerprint density at radius 3 is 2.73 bits per heavy atom. The molecule has 0 N–H and O–H groups in total. The second kappa shape index (κ2) is 7.88. The number of rotatable bonds is 6. The summed E-state index contributed by atoms with van der Waals surface area (Å²) in [5.41, 5.74) is 1.04. The number of ether oxygens (including phenoxy) is 1. The Hall–Kier alpha value is -1.73. The minimum atomic E-state index is -0.383. The van der Waals surface area contributed by atoms with Gasteiger partial charge in [-0.15, -0.1) is 11.3 Å². The van der Waals surface area contributed by atoms with Gasteiger partial charge < -0.3 is 9.64 Å². The number of hydrogen-bond acceptors (Lipinski definition) is 6. The van der Waals surface area contributed by atoms with Crippen molar-refractivity contribution < 1.29 is 9.53 Å². The number of carbonyl (C=O) groups is 1. The van der Waals surface area contributed by atoms with E-state index in [4.69, 9.17) is 9.72 Å². The molecule has 2 aromatic rings. The zero-order valence-corrected chi connectivity index (χ0v) is 16.8. The Kier molecular flexibility index (Phi) is 5.77. The molecule has 0 unspecified atom stereocenters. The number of carbonyl (C=O) groups excluding carboxylic acids is 1. The van der Waals surface area contributed by atoms with Crippen LogP contribution in [-0.4, -0.2) is 41.1 Å². The number of hydrogen-bond donors (Lipinski definition) is 0. The van der Waals surface area contributed by atoms with Crippen molar-refractivity contribution in [3.63, 3.8) is 0 Å². The van der Waals surface area contributed by atoms with Crippen LogP contribution in [0.5, 0.6) is 0 Å². The van der Waals surface area contributed by atoms with E-state index in [1.165, 1.54) is 15.9 Å². The van der Waals surface area contributed by atoms with Crippen molar-refractivity contribution in [2.45, 2.75) is 52.6 Å². The van der Waals surface area contributed by atoms with Gasteiger partial charge in [0.05, 0.1) is 18.5 Å². The number of nitrogens with zero attached hydrogens (tertiary/aromatic N) is 3. The lowest BCUT2D eigenvalue weighted by Crippen LogP contribution is -2.32. The van der Waals surface area contributed by atoms with Crippen molar-refractivity contribution in [1.82, 2.24) is 14.5 Å². The van der Waals surface area contributed by atoms with E-state index in [-0.39, 0.29) is 24.0 Å². The molecule has 6 nitrogen and oxygen atoms in total. The molecule has 2 aromatic heterocycles. The van der Waals surface area contributed by atoms with Crippen LogP contribution in [0.1, 0.15) is 43.0 Å². The highest BCUT2D eigenvalue weighted by Gasteiger charge is 2.23. The third-order valence-electron chi connectivity index (χ3n) is 4.48. The summed E-state index contributed by atoms with van der Waals surface area (Å²) < 4.78 is 6.80. The van der Waals surface area contributed by atoms with Crippen LogP contribution in [0.25, 0.3) is 10.2 Å². The van der Waals surface area contributed by atoms with Crippen molar-refractivity contribution >= 4 is 27.5 Å². The van der Waals surface area contributed by atoms with Gasteiger partial charge in [0.15, 0.2) is 0 Å². The van der Waals surface area contributed by atoms with Gasteiger partial charge in [0.2, 0.25) is 0 Å². The summed E-state index contributed by atoms with van der Waals surface area (Å²) in [6.07, 6.45) is 4.22. The molecule has 0 aromatic carbocycles. The van der Waals surface area contributed by atoms with Gasteiger partial charge in [-0.1, -0.05) is 13.8 Å². The highest BCUT2D eigenvalue weighted by atomic mass is 32.1. The lowest BCUT2D eigenvalue weighted by Gasteiger charge is -2.16. The summed E-state index contributed by atoms with van der Waals surface area (Å²) in [5.74, 6) is 0.500. The summed E-state index contributed by atoms with van der Waals surface area (Å²) in [4.78, 5) is 34.3. The summed E-state index contributed by atoms with van der Waals surface area (Å²) in [5, 5.41) is 0.712. The van der Waals surface area contributed by atoms with Gasteiger partial charge in [0, 0.05) is 4.88 Å². The molecular formula is C19H27N3O3S. The van der Waals surface area contributed by atoms with E-state index in [0.29, 0.717) is 24.4 Å². The molecule has 1 aliphatic carbocycles. The predicted molar refractivity (Wildman–Crippen MR) is 104 cm³/mol. The van der Waals surface area contributed by atoms with Crippen molar-refractivity contribution in [3.8, 4) is 0 Å². The lowest BCUT2D eigenvalue weighted by atomic mass is 9.97. The maximum Gasteiger partial charge on any atom is 0.326 e. The highest BCUT2D eigenvalue weighted by molar-refractivity contribution is 7.18.